The van der Waals surface area contributed by atoms with Gasteiger partial charge in [0, 0.05) is 11.6 Å². The highest BCUT2D eigenvalue weighted by atomic mass is 19.3. The van der Waals surface area contributed by atoms with Crippen molar-refractivity contribution in [3.63, 3.8) is 0 Å². The number of nitrogens with one attached hydrogen (secondary N) is 1. The van der Waals surface area contributed by atoms with Gasteiger partial charge in [0.1, 0.15) is 0 Å². The van der Waals surface area contributed by atoms with E-state index >= 15 is 0 Å². The molecule has 1 aliphatic heterocycles. The van der Waals surface area contributed by atoms with Gasteiger partial charge in [0.2, 0.25) is 0 Å². The molecule has 2 atom stereocenters. The van der Waals surface area contributed by atoms with Crippen molar-refractivity contribution in [2.24, 2.45) is 5.92 Å². The first-order valence-electron chi connectivity index (χ1n) is 7.42. The zero-order valence-electron chi connectivity index (χ0n) is 12.3. The molecule has 1 aromatic rings. The number of halogens is 2. The van der Waals surface area contributed by atoms with Crippen LogP contribution in [-0.4, -0.2) is 31.6 Å². The van der Waals surface area contributed by atoms with Crippen LogP contribution in [0.15, 0.2) is 24.3 Å². The number of hydrogen-bond acceptors (Lipinski definition) is 2. The molecule has 2 rings (SSSR count). The second-order valence-electron chi connectivity index (χ2n) is 5.65. The summed E-state index contributed by atoms with van der Waals surface area (Å²) in [6, 6.07) is 7.18. The first-order valence-corrected chi connectivity index (χ1v) is 7.42. The molecule has 0 spiro atoms. The number of hydrogen-bond donors (Lipinski definition) is 1. The smallest absolute Gasteiger partial charge is 0.263 e. The molecule has 1 aliphatic rings. The average Bonchev–Trinajstić information content (AvgIpc) is 2.80. The number of nitrogens with zero attached hydrogens (tertiary/aromatic N) is 1. The van der Waals surface area contributed by atoms with E-state index in [9.17, 15) is 8.78 Å². The SMILES string of the molecule is CCCNCC1CCN(C)C1c1ccc(C(F)F)cc1. The molecular formula is C16H24F2N2. The maximum Gasteiger partial charge on any atom is 0.263 e. The first-order chi connectivity index (χ1) is 9.63. The predicted molar refractivity (Wildman–Crippen MR) is 78.0 cm³/mol. The Kier molecular flexibility index (Phi) is 5.49. The van der Waals surface area contributed by atoms with Crippen molar-refractivity contribution in [3.05, 3.63) is 35.4 Å². The summed E-state index contributed by atoms with van der Waals surface area (Å²) >= 11 is 0. The quantitative estimate of drug-likeness (QED) is 0.802. The monoisotopic (exact) mass is 282 g/mol. The molecule has 0 saturated carbocycles. The van der Waals surface area contributed by atoms with Gasteiger partial charge in [-0.15, -0.1) is 0 Å². The van der Waals surface area contributed by atoms with E-state index in [0.29, 0.717) is 12.0 Å². The Morgan fingerprint density at radius 2 is 2.00 bits per heavy atom. The molecular weight excluding hydrogens is 258 g/mol. The summed E-state index contributed by atoms with van der Waals surface area (Å²) in [5, 5.41) is 3.48. The van der Waals surface area contributed by atoms with Crippen LogP contribution in [0.4, 0.5) is 8.78 Å². The lowest BCUT2D eigenvalue weighted by Gasteiger charge is -2.26. The summed E-state index contributed by atoms with van der Waals surface area (Å²) in [4.78, 5) is 2.33. The number of likely N-dealkylation sites (tertiary alicyclic amines) is 1. The van der Waals surface area contributed by atoms with Gasteiger partial charge < -0.3 is 5.32 Å². The van der Waals surface area contributed by atoms with Crippen molar-refractivity contribution in [1.82, 2.24) is 10.2 Å². The van der Waals surface area contributed by atoms with Gasteiger partial charge >= 0.3 is 0 Å². The number of rotatable bonds is 6. The second kappa shape index (κ2) is 7.14. The molecule has 1 fully saturated rings. The summed E-state index contributed by atoms with van der Waals surface area (Å²) in [6.07, 6.45) is -0.0856. The largest absolute Gasteiger partial charge is 0.316 e. The van der Waals surface area contributed by atoms with Crippen LogP contribution in [0.3, 0.4) is 0 Å². The Labute approximate surface area is 120 Å². The van der Waals surface area contributed by atoms with Crippen molar-refractivity contribution in [2.45, 2.75) is 32.2 Å². The molecule has 1 aromatic carbocycles. The third-order valence-electron chi connectivity index (χ3n) is 4.14. The standard InChI is InChI=1S/C16H24F2N2/c1-3-9-19-11-14-8-10-20(2)15(14)12-4-6-13(7-5-12)16(17)18/h4-7,14-16,19H,3,8-11H2,1-2H3. The van der Waals surface area contributed by atoms with E-state index < -0.39 is 6.43 Å². The molecule has 0 aliphatic carbocycles. The molecule has 1 heterocycles. The van der Waals surface area contributed by atoms with Crippen molar-refractivity contribution in [1.29, 1.82) is 0 Å². The molecule has 0 bridgehead atoms. The Hall–Kier alpha value is -1.00. The van der Waals surface area contributed by atoms with Crippen LogP contribution in [0, 0.1) is 5.92 Å². The third-order valence-corrected chi connectivity index (χ3v) is 4.14. The molecule has 1 N–H and O–H groups in total. The zero-order chi connectivity index (χ0) is 14.5. The average molecular weight is 282 g/mol. The van der Waals surface area contributed by atoms with Crippen LogP contribution in [0.2, 0.25) is 0 Å². The van der Waals surface area contributed by atoms with Gasteiger partial charge in [-0.25, -0.2) is 8.78 Å². The summed E-state index contributed by atoms with van der Waals surface area (Å²) in [5.41, 5.74) is 1.26. The van der Waals surface area contributed by atoms with Gasteiger partial charge in [0.05, 0.1) is 0 Å². The summed E-state index contributed by atoms with van der Waals surface area (Å²) < 4.78 is 25.2. The first kappa shape index (κ1) is 15.4. The van der Waals surface area contributed by atoms with Crippen LogP contribution in [0.5, 0.6) is 0 Å². The molecule has 112 valence electrons. The van der Waals surface area contributed by atoms with Gasteiger partial charge in [-0.1, -0.05) is 31.2 Å². The Bertz CT molecular complexity index is 405. The molecule has 0 aromatic heterocycles. The fourth-order valence-corrected chi connectivity index (χ4v) is 3.07. The van der Waals surface area contributed by atoms with Crippen LogP contribution in [0.25, 0.3) is 0 Å². The number of benzene rings is 1. The third kappa shape index (κ3) is 3.55. The predicted octanol–water partition coefficient (Wildman–Crippen LogP) is 3.62. The van der Waals surface area contributed by atoms with Crippen molar-refractivity contribution in [3.8, 4) is 0 Å². The summed E-state index contributed by atoms with van der Waals surface area (Å²) in [5.74, 6) is 0.559. The Morgan fingerprint density at radius 3 is 2.60 bits per heavy atom. The Morgan fingerprint density at radius 1 is 1.30 bits per heavy atom. The molecule has 2 nitrogen and oxygen atoms in total. The van der Waals surface area contributed by atoms with E-state index in [1.54, 1.807) is 12.1 Å². The lowest BCUT2D eigenvalue weighted by molar-refractivity contribution is 0.151. The molecule has 1 saturated heterocycles. The molecule has 4 heteroatoms. The second-order valence-corrected chi connectivity index (χ2v) is 5.65. The molecule has 20 heavy (non-hydrogen) atoms. The highest BCUT2D eigenvalue weighted by Gasteiger charge is 2.32. The maximum absolute atomic E-state index is 12.6. The van der Waals surface area contributed by atoms with Gasteiger partial charge in [0.25, 0.3) is 6.43 Å². The van der Waals surface area contributed by atoms with Gasteiger partial charge in [-0.3, -0.25) is 4.90 Å². The minimum atomic E-state index is -2.38. The van der Waals surface area contributed by atoms with Crippen molar-refractivity contribution < 1.29 is 8.78 Å². The van der Waals surface area contributed by atoms with E-state index in [-0.39, 0.29) is 5.56 Å². The van der Waals surface area contributed by atoms with Crippen LogP contribution < -0.4 is 5.32 Å². The highest BCUT2D eigenvalue weighted by molar-refractivity contribution is 5.27. The fourth-order valence-electron chi connectivity index (χ4n) is 3.07. The van der Waals surface area contributed by atoms with Crippen molar-refractivity contribution >= 4 is 0 Å². The summed E-state index contributed by atoms with van der Waals surface area (Å²) in [7, 11) is 2.12. The van der Waals surface area contributed by atoms with Gasteiger partial charge in [-0.05, 0) is 51.0 Å². The van der Waals surface area contributed by atoms with E-state index in [0.717, 1.165) is 38.0 Å². The normalized spacial score (nSPS) is 23.6. The molecule has 0 radical (unpaired) electrons. The van der Waals surface area contributed by atoms with Crippen LogP contribution in [-0.2, 0) is 0 Å². The van der Waals surface area contributed by atoms with Gasteiger partial charge in [0.15, 0.2) is 0 Å². The maximum atomic E-state index is 12.6. The van der Waals surface area contributed by atoms with E-state index in [4.69, 9.17) is 0 Å². The fraction of sp³-hybridized carbons (Fsp3) is 0.625. The molecule has 2 unspecified atom stereocenters. The summed E-state index contributed by atoms with van der Waals surface area (Å²) in [6.45, 7) is 5.27. The molecule has 0 amide bonds. The lowest BCUT2D eigenvalue weighted by Crippen LogP contribution is -2.28. The van der Waals surface area contributed by atoms with Crippen LogP contribution in [0.1, 0.15) is 43.4 Å². The topological polar surface area (TPSA) is 15.3 Å². The highest BCUT2D eigenvalue weighted by Crippen LogP contribution is 2.36. The van der Waals surface area contributed by atoms with Gasteiger partial charge in [-0.2, -0.15) is 0 Å². The Balaban J connectivity index is 2.06. The van der Waals surface area contributed by atoms with E-state index in [2.05, 4.69) is 24.2 Å². The van der Waals surface area contributed by atoms with Crippen LogP contribution >= 0.6 is 0 Å². The minimum absolute atomic E-state index is 0.107. The van der Waals surface area contributed by atoms with E-state index in [1.165, 1.54) is 0 Å². The van der Waals surface area contributed by atoms with Crippen molar-refractivity contribution in [2.75, 3.05) is 26.7 Å². The number of alkyl halides is 2. The zero-order valence-corrected chi connectivity index (χ0v) is 12.3. The minimum Gasteiger partial charge on any atom is -0.316 e. The lowest BCUT2D eigenvalue weighted by atomic mass is 9.93. The van der Waals surface area contributed by atoms with E-state index in [1.807, 2.05) is 12.1 Å².